The van der Waals surface area contributed by atoms with E-state index in [1.807, 2.05) is 6.92 Å². The molecule has 14 heavy (non-hydrogen) atoms. The summed E-state index contributed by atoms with van der Waals surface area (Å²) >= 11 is 0. The number of hydrogen-bond donors (Lipinski definition) is 2. The number of nitrogens with zero attached hydrogens (tertiary/aromatic N) is 2. The van der Waals surface area contributed by atoms with E-state index in [4.69, 9.17) is 10.9 Å². The van der Waals surface area contributed by atoms with Crippen LogP contribution in [0.25, 0.3) is 0 Å². The normalized spacial score (nSPS) is 19.1. The van der Waals surface area contributed by atoms with Gasteiger partial charge in [0.15, 0.2) is 0 Å². The van der Waals surface area contributed by atoms with Crippen LogP contribution in [0.4, 0.5) is 0 Å². The summed E-state index contributed by atoms with van der Waals surface area (Å²) in [5, 5.41) is 11.3. The average molecular weight is 199 g/mol. The average Bonchev–Trinajstić information content (AvgIpc) is 2.98. The first-order valence-electron chi connectivity index (χ1n) is 4.79. The maximum atomic E-state index is 11.6. The molecule has 0 aromatic rings. The van der Waals surface area contributed by atoms with Gasteiger partial charge in [0.2, 0.25) is 5.91 Å². The topological polar surface area (TPSA) is 78.9 Å². The summed E-state index contributed by atoms with van der Waals surface area (Å²) in [5.41, 5.74) is 5.37. The van der Waals surface area contributed by atoms with E-state index in [0.29, 0.717) is 6.42 Å². The minimum absolute atomic E-state index is 0.0148. The van der Waals surface area contributed by atoms with E-state index >= 15 is 0 Å². The van der Waals surface area contributed by atoms with Crippen LogP contribution < -0.4 is 5.73 Å². The van der Waals surface area contributed by atoms with Crippen LogP contribution in [0.2, 0.25) is 0 Å². The third-order valence-corrected chi connectivity index (χ3v) is 2.57. The molecule has 1 aliphatic carbocycles. The lowest BCUT2D eigenvalue weighted by Gasteiger charge is -2.24. The molecule has 0 saturated heterocycles. The van der Waals surface area contributed by atoms with E-state index in [9.17, 15) is 4.79 Å². The standard InChI is InChI=1S/C9H17N3O2/c1-6(5-8(10)11-14)12(2)9(13)7-3-4-7/h6-7,14H,3-5H2,1-2H3,(H2,10,11). The molecule has 1 saturated carbocycles. The molecular weight excluding hydrogens is 182 g/mol. The van der Waals surface area contributed by atoms with Crippen molar-refractivity contribution in [3.63, 3.8) is 0 Å². The highest BCUT2D eigenvalue weighted by molar-refractivity contribution is 5.83. The smallest absolute Gasteiger partial charge is 0.225 e. The van der Waals surface area contributed by atoms with E-state index in [1.165, 1.54) is 0 Å². The second-order valence-corrected chi connectivity index (χ2v) is 3.87. The first kappa shape index (κ1) is 10.8. The molecule has 3 N–H and O–H groups in total. The Morgan fingerprint density at radius 2 is 2.29 bits per heavy atom. The van der Waals surface area contributed by atoms with E-state index < -0.39 is 0 Å². The van der Waals surface area contributed by atoms with Gasteiger partial charge in [-0.3, -0.25) is 4.79 Å². The van der Waals surface area contributed by atoms with Crippen molar-refractivity contribution >= 4 is 11.7 Å². The lowest BCUT2D eigenvalue weighted by molar-refractivity contribution is -0.132. The van der Waals surface area contributed by atoms with Crippen molar-refractivity contribution in [3.05, 3.63) is 0 Å². The minimum Gasteiger partial charge on any atom is -0.409 e. The Hall–Kier alpha value is -1.26. The van der Waals surface area contributed by atoms with E-state index in [-0.39, 0.29) is 23.7 Å². The van der Waals surface area contributed by atoms with Gasteiger partial charge in [-0.05, 0) is 19.8 Å². The van der Waals surface area contributed by atoms with Gasteiger partial charge in [0.25, 0.3) is 0 Å². The van der Waals surface area contributed by atoms with Crippen molar-refractivity contribution in [2.45, 2.75) is 32.2 Å². The lowest BCUT2D eigenvalue weighted by Crippen LogP contribution is -2.38. The third-order valence-electron chi connectivity index (χ3n) is 2.57. The zero-order chi connectivity index (χ0) is 10.7. The molecule has 5 heteroatoms. The molecule has 80 valence electrons. The van der Waals surface area contributed by atoms with Crippen LogP contribution in [0.15, 0.2) is 5.16 Å². The van der Waals surface area contributed by atoms with Gasteiger partial charge >= 0.3 is 0 Å². The van der Waals surface area contributed by atoms with Gasteiger partial charge < -0.3 is 15.8 Å². The predicted octanol–water partition coefficient (Wildman–Crippen LogP) is 0.380. The molecule has 0 radical (unpaired) electrons. The minimum atomic E-state index is -0.0148. The van der Waals surface area contributed by atoms with Crippen molar-refractivity contribution in [1.82, 2.24) is 4.90 Å². The zero-order valence-corrected chi connectivity index (χ0v) is 8.60. The number of oxime groups is 1. The highest BCUT2D eigenvalue weighted by atomic mass is 16.4. The van der Waals surface area contributed by atoms with Gasteiger partial charge in [-0.25, -0.2) is 0 Å². The van der Waals surface area contributed by atoms with Crippen molar-refractivity contribution in [3.8, 4) is 0 Å². The molecule has 0 aromatic carbocycles. The van der Waals surface area contributed by atoms with Crippen molar-refractivity contribution in [2.24, 2.45) is 16.8 Å². The predicted molar refractivity (Wildman–Crippen MR) is 53.0 cm³/mol. The molecule has 0 bridgehead atoms. The first-order valence-corrected chi connectivity index (χ1v) is 4.79. The number of hydrogen-bond acceptors (Lipinski definition) is 3. The Balaban J connectivity index is 2.42. The van der Waals surface area contributed by atoms with Gasteiger partial charge in [-0.1, -0.05) is 5.16 Å². The molecule has 0 aliphatic heterocycles. The summed E-state index contributed by atoms with van der Waals surface area (Å²) in [7, 11) is 1.76. The first-order chi connectivity index (χ1) is 6.56. The fourth-order valence-electron chi connectivity index (χ4n) is 1.32. The van der Waals surface area contributed by atoms with Gasteiger partial charge in [-0.2, -0.15) is 0 Å². The molecule has 0 aromatic heterocycles. The summed E-state index contributed by atoms with van der Waals surface area (Å²) in [6.45, 7) is 1.89. The number of carbonyl (C=O) groups is 1. The molecule has 5 nitrogen and oxygen atoms in total. The summed E-state index contributed by atoms with van der Waals surface area (Å²) in [4.78, 5) is 13.3. The lowest BCUT2D eigenvalue weighted by atomic mass is 10.2. The summed E-state index contributed by atoms with van der Waals surface area (Å²) in [6.07, 6.45) is 2.41. The van der Waals surface area contributed by atoms with Crippen LogP contribution in [-0.2, 0) is 4.79 Å². The highest BCUT2D eigenvalue weighted by Crippen LogP contribution is 2.31. The fourth-order valence-corrected chi connectivity index (χ4v) is 1.32. The maximum absolute atomic E-state index is 11.6. The van der Waals surface area contributed by atoms with Crippen LogP contribution in [-0.4, -0.2) is 34.9 Å². The van der Waals surface area contributed by atoms with Gasteiger partial charge in [0.1, 0.15) is 5.84 Å². The molecule has 0 spiro atoms. The zero-order valence-electron chi connectivity index (χ0n) is 8.60. The second-order valence-electron chi connectivity index (χ2n) is 3.87. The van der Waals surface area contributed by atoms with Crippen LogP contribution >= 0.6 is 0 Å². The molecule has 0 heterocycles. The summed E-state index contributed by atoms with van der Waals surface area (Å²) in [5.74, 6) is 0.547. The summed E-state index contributed by atoms with van der Waals surface area (Å²) < 4.78 is 0. The Morgan fingerprint density at radius 1 is 1.71 bits per heavy atom. The Morgan fingerprint density at radius 3 is 2.71 bits per heavy atom. The SMILES string of the molecule is CC(CC(N)=NO)N(C)C(=O)C1CC1. The van der Waals surface area contributed by atoms with Crippen LogP contribution in [0.3, 0.4) is 0 Å². The van der Waals surface area contributed by atoms with Crippen molar-refractivity contribution in [1.29, 1.82) is 0 Å². The number of nitrogens with two attached hydrogens (primary N) is 1. The molecule has 1 aliphatic rings. The largest absolute Gasteiger partial charge is 0.409 e. The fraction of sp³-hybridized carbons (Fsp3) is 0.778. The summed E-state index contributed by atoms with van der Waals surface area (Å²) in [6, 6.07) is -0.0148. The molecule has 1 atom stereocenters. The van der Waals surface area contributed by atoms with E-state index in [0.717, 1.165) is 12.8 Å². The van der Waals surface area contributed by atoms with Crippen molar-refractivity contribution in [2.75, 3.05) is 7.05 Å². The number of amides is 1. The number of amidine groups is 1. The monoisotopic (exact) mass is 199 g/mol. The second kappa shape index (κ2) is 4.30. The van der Waals surface area contributed by atoms with E-state index in [1.54, 1.807) is 11.9 Å². The van der Waals surface area contributed by atoms with Gasteiger partial charge in [0.05, 0.1) is 0 Å². The van der Waals surface area contributed by atoms with E-state index in [2.05, 4.69) is 5.16 Å². The molecule has 1 rings (SSSR count). The van der Waals surface area contributed by atoms with Crippen LogP contribution in [0.5, 0.6) is 0 Å². The van der Waals surface area contributed by atoms with Crippen LogP contribution in [0, 0.1) is 5.92 Å². The Bertz CT molecular complexity index is 248. The quantitative estimate of drug-likeness (QED) is 0.297. The molecule has 1 unspecified atom stereocenters. The molecule has 1 amide bonds. The Labute approximate surface area is 83.6 Å². The number of carbonyl (C=O) groups excluding carboxylic acids is 1. The third kappa shape index (κ3) is 2.61. The molecular formula is C9H17N3O2. The number of rotatable bonds is 4. The van der Waals surface area contributed by atoms with Gasteiger partial charge in [-0.15, -0.1) is 0 Å². The maximum Gasteiger partial charge on any atom is 0.225 e. The Kier molecular flexibility index (Phi) is 3.33. The highest BCUT2D eigenvalue weighted by Gasteiger charge is 2.33. The van der Waals surface area contributed by atoms with Gasteiger partial charge in [0, 0.05) is 25.4 Å². The van der Waals surface area contributed by atoms with Crippen molar-refractivity contribution < 1.29 is 10.0 Å². The molecule has 1 fully saturated rings. The van der Waals surface area contributed by atoms with Crippen LogP contribution in [0.1, 0.15) is 26.2 Å².